The number of hydrogen-bond donors (Lipinski definition) is 2. The van der Waals surface area contributed by atoms with Gasteiger partial charge in [-0.15, -0.1) is 0 Å². The summed E-state index contributed by atoms with van der Waals surface area (Å²) in [6, 6.07) is 9.22. The number of pyridine rings is 2. The lowest BCUT2D eigenvalue weighted by molar-refractivity contribution is 0.744. The van der Waals surface area contributed by atoms with Crippen molar-refractivity contribution in [2.45, 2.75) is 58.0 Å². The summed E-state index contributed by atoms with van der Waals surface area (Å²) in [4.78, 5) is 8.98. The molecule has 0 saturated heterocycles. The molecule has 0 radical (unpaired) electrons. The van der Waals surface area contributed by atoms with Crippen LogP contribution in [-0.4, -0.2) is 22.1 Å². The van der Waals surface area contributed by atoms with Crippen LogP contribution in [0.2, 0.25) is 0 Å². The largest absolute Gasteiger partial charge is 0.380 e. The van der Waals surface area contributed by atoms with Crippen LogP contribution < -0.4 is 10.6 Å². The van der Waals surface area contributed by atoms with Gasteiger partial charge in [-0.3, -0.25) is 4.98 Å². The third-order valence-corrected chi connectivity index (χ3v) is 4.58. The monoisotopic (exact) mass is 310 g/mol. The second kappa shape index (κ2) is 7.44. The zero-order chi connectivity index (χ0) is 16.1. The van der Waals surface area contributed by atoms with Gasteiger partial charge in [0.25, 0.3) is 0 Å². The second-order valence-electron chi connectivity index (χ2n) is 6.41. The Kier molecular flexibility index (Phi) is 5.11. The maximum absolute atomic E-state index is 4.89. The van der Waals surface area contributed by atoms with E-state index >= 15 is 0 Å². The molecular formula is C19H26N4. The molecule has 1 fully saturated rings. The lowest BCUT2D eigenvalue weighted by Gasteiger charge is -2.20. The molecule has 1 saturated carbocycles. The van der Waals surface area contributed by atoms with Gasteiger partial charge in [0.1, 0.15) is 5.82 Å². The average molecular weight is 310 g/mol. The van der Waals surface area contributed by atoms with Gasteiger partial charge in [0, 0.05) is 30.0 Å². The lowest BCUT2D eigenvalue weighted by atomic mass is 10.1. The summed E-state index contributed by atoms with van der Waals surface area (Å²) in [6.07, 6.45) is 9.83. The maximum Gasteiger partial charge on any atom is 0.150 e. The van der Waals surface area contributed by atoms with Crippen LogP contribution in [0.4, 0.5) is 11.5 Å². The standard InChI is InChI=1S/C19H26N4/c1-3-14(2)21-18-9-8-17(15-10-12-20-13-11-15)23-19(18)22-16-6-4-5-7-16/h8-14,16,21H,3-7H2,1-2H3,(H,22,23). The van der Waals surface area contributed by atoms with Crippen LogP contribution in [0.3, 0.4) is 0 Å². The molecule has 1 aliphatic rings. The third-order valence-electron chi connectivity index (χ3n) is 4.58. The number of anilines is 2. The van der Waals surface area contributed by atoms with Crippen LogP contribution in [0.15, 0.2) is 36.7 Å². The molecule has 2 heterocycles. The Morgan fingerprint density at radius 2 is 1.87 bits per heavy atom. The van der Waals surface area contributed by atoms with Gasteiger partial charge in [0.05, 0.1) is 11.4 Å². The summed E-state index contributed by atoms with van der Waals surface area (Å²) in [5.74, 6) is 0.978. The summed E-state index contributed by atoms with van der Waals surface area (Å²) < 4.78 is 0. The molecular weight excluding hydrogens is 284 g/mol. The van der Waals surface area contributed by atoms with Crippen molar-refractivity contribution in [2.24, 2.45) is 0 Å². The fourth-order valence-electron chi connectivity index (χ4n) is 3.00. The van der Waals surface area contributed by atoms with Gasteiger partial charge >= 0.3 is 0 Å². The maximum atomic E-state index is 4.89. The zero-order valence-corrected chi connectivity index (χ0v) is 14.0. The van der Waals surface area contributed by atoms with E-state index in [0.717, 1.165) is 29.2 Å². The lowest BCUT2D eigenvalue weighted by Crippen LogP contribution is -2.20. The summed E-state index contributed by atoms with van der Waals surface area (Å²) in [7, 11) is 0. The fourth-order valence-corrected chi connectivity index (χ4v) is 3.00. The second-order valence-corrected chi connectivity index (χ2v) is 6.41. The van der Waals surface area contributed by atoms with Gasteiger partial charge in [0.15, 0.2) is 0 Å². The first-order chi connectivity index (χ1) is 11.3. The molecule has 1 atom stereocenters. The van der Waals surface area contributed by atoms with E-state index in [-0.39, 0.29) is 0 Å². The van der Waals surface area contributed by atoms with Crippen LogP contribution in [-0.2, 0) is 0 Å². The summed E-state index contributed by atoms with van der Waals surface area (Å²) in [6.45, 7) is 4.40. The quantitative estimate of drug-likeness (QED) is 0.811. The van der Waals surface area contributed by atoms with Crippen LogP contribution in [0.25, 0.3) is 11.3 Å². The number of nitrogens with zero attached hydrogens (tertiary/aromatic N) is 2. The molecule has 0 aliphatic heterocycles. The van der Waals surface area contributed by atoms with Gasteiger partial charge < -0.3 is 10.6 Å². The van der Waals surface area contributed by atoms with Crippen LogP contribution >= 0.6 is 0 Å². The first-order valence-electron chi connectivity index (χ1n) is 8.70. The van der Waals surface area contributed by atoms with Gasteiger partial charge in [-0.1, -0.05) is 19.8 Å². The number of hydrogen-bond acceptors (Lipinski definition) is 4. The van der Waals surface area contributed by atoms with E-state index in [0.29, 0.717) is 12.1 Å². The average Bonchev–Trinajstić information content (AvgIpc) is 3.10. The van der Waals surface area contributed by atoms with E-state index in [1.165, 1.54) is 25.7 Å². The van der Waals surface area contributed by atoms with Gasteiger partial charge in [0.2, 0.25) is 0 Å². The van der Waals surface area contributed by atoms with Gasteiger partial charge in [-0.25, -0.2) is 4.98 Å². The van der Waals surface area contributed by atoms with Crippen LogP contribution in [0.1, 0.15) is 46.0 Å². The molecule has 0 aromatic carbocycles. The normalized spacial score (nSPS) is 16.3. The highest BCUT2D eigenvalue weighted by Crippen LogP contribution is 2.29. The molecule has 0 bridgehead atoms. The van der Waals surface area contributed by atoms with Crippen molar-refractivity contribution in [2.75, 3.05) is 10.6 Å². The van der Waals surface area contributed by atoms with E-state index in [1.54, 1.807) is 0 Å². The summed E-state index contributed by atoms with van der Waals surface area (Å²) in [5, 5.41) is 7.24. The molecule has 2 aromatic heterocycles. The highest BCUT2D eigenvalue weighted by Gasteiger charge is 2.17. The van der Waals surface area contributed by atoms with Crippen molar-refractivity contribution in [3.05, 3.63) is 36.7 Å². The Bertz CT molecular complexity index is 621. The summed E-state index contributed by atoms with van der Waals surface area (Å²) in [5.41, 5.74) is 3.19. The Labute approximate surface area is 138 Å². The molecule has 1 aliphatic carbocycles. The van der Waals surface area contributed by atoms with Gasteiger partial charge in [-0.2, -0.15) is 0 Å². The van der Waals surface area contributed by atoms with Crippen molar-refractivity contribution < 1.29 is 0 Å². The molecule has 0 amide bonds. The van der Waals surface area contributed by atoms with E-state index < -0.39 is 0 Å². The molecule has 1 unspecified atom stereocenters. The van der Waals surface area contributed by atoms with Gasteiger partial charge in [-0.05, 0) is 50.5 Å². The third kappa shape index (κ3) is 4.01. The summed E-state index contributed by atoms with van der Waals surface area (Å²) >= 11 is 0. The van der Waals surface area contributed by atoms with Crippen molar-refractivity contribution in [3.63, 3.8) is 0 Å². The van der Waals surface area contributed by atoms with Crippen LogP contribution in [0.5, 0.6) is 0 Å². The molecule has 2 N–H and O–H groups in total. The Hall–Kier alpha value is -2.10. The van der Waals surface area contributed by atoms with E-state index in [1.807, 2.05) is 24.5 Å². The number of aromatic nitrogens is 2. The smallest absolute Gasteiger partial charge is 0.150 e. The zero-order valence-electron chi connectivity index (χ0n) is 14.0. The minimum atomic E-state index is 0.438. The van der Waals surface area contributed by atoms with Crippen molar-refractivity contribution in [3.8, 4) is 11.3 Å². The fraction of sp³-hybridized carbons (Fsp3) is 0.474. The minimum Gasteiger partial charge on any atom is -0.380 e. The first-order valence-corrected chi connectivity index (χ1v) is 8.70. The molecule has 23 heavy (non-hydrogen) atoms. The number of rotatable bonds is 6. The van der Waals surface area contributed by atoms with E-state index in [4.69, 9.17) is 4.98 Å². The highest BCUT2D eigenvalue weighted by molar-refractivity contribution is 5.71. The van der Waals surface area contributed by atoms with Crippen molar-refractivity contribution in [1.82, 2.24) is 9.97 Å². The molecule has 122 valence electrons. The Morgan fingerprint density at radius 1 is 1.13 bits per heavy atom. The Morgan fingerprint density at radius 3 is 2.57 bits per heavy atom. The van der Waals surface area contributed by atoms with Crippen molar-refractivity contribution >= 4 is 11.5 Å². The predicted molar refractivity (Wildman–Crippen MR) is 96.7 cm³/mol. The predicted octanol–water partition coefficient (Wildman–Crippen LogP) is 4.71. The van der Waals surface area contributed by atoms with E-state index in [2.05, 4.69) is 41.6 Å². The highest BCUT2D eigenvalue weighted by atomic mass is 15.1. The van der Waals surface area contributed by atoms with E-state index in [9.17, 15) is 0 Å². The topological polar surface area (TPSA) is 49.8 Å². The Balaban J connectivity index is 1.89. The minimum absolute atomic E-state index is 0.438. The SMILES string of the molecule is CCC(C)Nc1ccc(-c2ccncc2)nc1NC1CCCC1. The molecule has 4 heteroatoms. The molecule has 0 spiro atoms. The number of nitrogens with one attached hydrogen (secondary N) is 2. The first kappa shape index (κ1) is 15.8. The molecule has 4 nitrogen and oxygen atoms in total. The molecule has 2 aromatic rings. The molecule has 3 rings (SSSR count). The van der Waals surface area contributed by atoms with Crippen molar-refractivity contribution in [1.29, 1.82) is 0 Å². The van der Waals surface area contributed by atoms with Crippen LogP contribution in [0, 0.1) is 0 Å².